The number of hydrogen-bond acceptors (Lipinski definition) is 2. The molecule has 0 aromatic heterocycles. The van der Waals surface area contributed by atoms with Crippen LogP contribution in [0, 0.1) is 0 Å². The van der Waals surface area contributed by atoms with Crippen LogP contribution in [-0.4, -0.2) is 14.8 Å². The van der Waals surface area contributed by atoms with Crippen molar-refractivity contribution < 1.29 is 9.59 Å². The highest BCUT2D eigenvalue weighted by atomic mass is 79.9. The van der Waals surface area contributed by atoms with Crippen LogP contribution >= 0.6 is 47.8 Å². The van der Waals surface area contributed by atoms with Crippen molar-refractivity contribution >= 4 is 59.4 Å². The zero-order valence-corrected chi connectivity index (χ0v) is 9.29. The maximum atomic E-state index is 11.0. The molecule has 0 bridgehead atoms. The molecule has 0 amide bonds. The molecule has 0 N–H and O–H groups in total. The smallest absolute Gasteiger partial charge is 0.205 e. The van der Waals surface area contributed by atoms with E-state index in [4.69, 9.17) is 0 Å². The van der Waals surface area contributed by atoms with Gasteiger partial charge in [-0.25, -0.2) is 0 Å². The molecule has 5 heteroatoms. The van der Waals surface area contributed by atoms with E-state index in [0.717, 1.165) is 0 Å². The van der Waals surface area contributed by atoms with Gasteiger partial charge in [0.15, 0.2) is 5.78 Å². The highest BCUT2D eigenvalue weighted by Crippen LogP contribution is 2.38. The summed E-state index contributed by atoms with van der Waals surface area (Å²) in [6.45, 7) is 0. The molecule has 0 aromatic carbocycles. The van der Waals surface area contributed by atoms with Gasteiger partial charge in [0, 0.05) is 6.08 Å². The van der Waals surface area contributed by atoms with E-state index in [9.17, 15) is 9.59 Å². The van der Waals surface area contributed by atoms with Gasteiger partial charge in [-0.05, 0) is 15.9 Å². The maximum absolute atomic E-state index is 11.0. The number of carbonyl (C=O) groups is 2. The Hall–Kier alpha value is 0.520. The van der Waals surface area contributed by atoms with Gasteiger partial charge in [-0.15, -0.1) is 0 Å². The lowest BCUT2D eigenvalue weighted by atomic mass is 10.3. The molecule has 0 atom stereocenters. The van der Waals surface area contributed by atoms with Crippen molar-refractivity contribution in [2.24, 2.45) is 0 Å². The molecule has 0 saturated carbocycles. The van der Waals surface area contributed by atoms with E-state index < -0.39 is 3.23 Å². The Morgan fingerprint density at radius 1 is 1.30 bits per heavy atom. The number of rotatable bonds is 0. The number of allylic oxidation sites excluding steroid dienone is 2. The first kappa shape index (κ1) is 8.62. The highest BCUT2D eigenvalue weighted by Gasteiger charge is 2.45. The number of carbonyl (C=O) groups excluding carboxylic acids is 2. The molecule has 1 rings (SSSR count). The van der Waals surface area contributed by atoms with Crippen LogP contribution in [0.2, 0.25) is 0 Å². The fraction of sp³-hybridized carbons (Fsp3) is 0.200. The Morgan fingerprint density at radius 2 is 1.80 bits per heavy atom. The molecule has 54 valence electrons. The van der Waals surface area contributed by atoms with Gasteiger partial charge in [0.05, 0.1) is 4.48 Å². The summed E-state index contributed by atoms with van der Waals surface area (Å²) in [6, 6.07) is 0. The number of ketones is 2. The van der Waals surface area contributed by atoms with Crippen molar-refractivity contribution in [1.82, 2.24) is 0 Å². The Morgan fingerprint density at radius 3 is 1.90 bits per heavy atom. The van der Waals surface area contributed by atoms with Gasteiger partial charge in [-0.3, -0.25) is 9.59 Å². The first-order valence-corrected chi connectivity index (χ1v) is 4.68. The molecule has 2 nitrogen and oxygen atoms in total. The van der Waals surface area contributed by atoms with Gasteiger partial charge < -0.3 is 0 Å². The van der Waals surface area contributed by atoms with Crippen LogP contribution in [0.25, 0.3) is 0 Å². The van der Waals surface area contributed by atoms with Crippen LogP contribution in [0.3, 0.4) is 0 Å². The Labute approximate surface area is 82.4 Å². The van der Waals surface area contributed by atoms with E-state index in [1.54, 1.807) is 0 Å². The van der Waals surface area contributed by atoms with Crippen LogP contribution in [0.15, 0.2) is 10.6 Å². The van der Waals surface area contributed by atoms with Crippen molar-refractivity contribution in [3.63, 3.8) is 0 Å². The first-order valence-electron chi connectivity index (χ1n) is 2.30. The molecule has 0 saturated heterocycles. The molecule has 1 aliphatic carbocycles. The third kappa shape index (κ3) is 1.14. The SMILES string of the molecule is O=C1C=C(Br)C(=O)C1(Br)Br. The second-order valence-corrected chi connectivity index (χ2v) is 6.06. The quantitative estimate of drug-likeness (QED) is 0.501. The summed E-state index contributed by atoms with van der Waals surface area (Å²) >= 11 is 8.85. The monoisotopic (exact) mass is 330 g/mol. The molecule has 0 radical (unpaired) electrons. The van der Waals surface area contributed by atoms with Gasteiger partial charge in [-0.1, -0.05) is 31.9 Å². The Balaban J connectivity index is 3.10. The van der Waals surface area contributed by atoms with Gasteiger partial charge in [0.1, 0.15) is 0 Å². The van der Waals surface area contributed by atoms with Crippen LogP contribution < -0.4 is 0 Å². The minimum absolute atomic E-state index is 0.288. The molecule has 0 spiro atoms. The van der Waals surface area contributed by atoms with Crippen molar-refractivity contribution in [3.8, 4) is 0 Å². The van der Waals surface area contributed by atoms with Gasteiger partial charge >= 0.3 is 0 Å². The minimum Gasteiger partial charge on any atom is -0.292 e. The number of halogens is 3. The average Bonchev–Trinajstić information content (AvgIpc) is 1.97. The molecular weight excluding hydrogens is 332 g/mol. The maximum Gasteiger partial charge on any atom is 0.205 e. The fourth-order valence-electron chi connectivity index (χ4n) is 0.533. The van der Waals surface area contributed by atoms with Gasteiger partial charge in [0.25, 0.3) is 0 Å². The molecule has 10 heavy (non-hydrogen) atoms. The van der Waals surface area contributed by atoms with E-state index >= 15 is 0 Å². The summed E-state index contributed by atoms with van der Waals surface area (Å²) < 4.78 is -0.912. The summed E-state index contributed by atoms with van der Waals surface area (Å²) in [7, 11) is 0. The number of hydrogen-bond donors (Lipinski definition) is 0. The molecule has 0 aliphatic heterocycles. The predicted molar refractivity (Wildman–Crippen MR) is 47.6 cm³/mol. The molecule has 1 aliphatic rings. The number of alkyl halides is 2. The van der Waals surface area contributed by atoms with Crippen molar-refractivity contribution in [2.45, 2.75) is 3.23 Å². The fourth-order valence-corrected chi connectivity index (χ4v) is 2.23. The van der Waals surface area contributed by atoms with Crippen molar-refractivity contribution in [3.05, 3.63) is 10.6 Å². The lowest BCUT2D eigenvalue weighted by Gasteiger charge is -2.06. The topological polar surface area (TPSA) is 34.1 Å². The summed E-state index contributed by atoms with van der Waals surface area (Å²) in [6.07, 6.45) is 1.24. The molecular formula is C5HBr3O2. The Kier molecular flexibility index (Phi) is 2.18. The first-order chi connectivity index (χ1) is 4.46. The average molecular weight is 333 g/mol. The van der Waals surface area contributed by atoms with Crippen LogP contribution in [0.1, 0.15) is 0 Å². The zero-order valence-electron chi connectivity index (χ0n) is 4.53. The summed E-state index contributed by atoms with van der Waals surface area (Å²) in [5.41, 5.74) is 0. The second-order valence-electron chi connectivity index (χ2n) is 1.76. The second kappa shape index (κ2) is 2.53. The van der Waals surface area contributed by atoms with Crippen molar-refractivity contribution in [2.75, 3.05) is 0 Å². The van der Waals surface area contributed by atoms with E-state index in [1.807, 2.05) is 0 Å². The van der Waals surface area contributed by atoms with Crippen LogP contribution in [0.5, 0.6) is 0 Å². The van der Waals surface area contributed by atoms with E-state index in [2.05, 4.69) is 47.8 Å². The van der Waals surface area contributed by atoms with Crippen LogP contribution in [-0.2, 0) is 9.59 Å². The predicted octanol–water partition coefficient (Wildman–Crippen LogP) is 1.90. The molecule has 0 heterocycles. The summed E-state index contributed by atoms with van der Waals surface area (Å²) in [5, 5.41) is 0. The lowest BCUT2D eigenvalue weighted by molar-refractivity contribution is -0.120. The van der Waals surface area contributed by atoms with E-state index in [-0.39, 0.29) is 11.6 Å². The van der Waals surface area contributed by atoms with Gasteiger partial charge in [0.2, 0.25) is 9.02 Å². The largest absolute Gasteiger partial charge is 0.292 e. The highest BCUT2D eigenvalue weighted by molar-refractivity contribution is 9.26. The van der Waals surface area contributed by atoms with E-state index in [1.165, 1.54) is 6.08 Å². The lowest BCUT2D eigenvalue weighted by Crippen LogP contribution is -2.26. The van der Waals surface area contributed by atoms with E-state index in [0.29, 0.717) is 4.48 Å². The molecule has 0 unspecified atom stereocenters. The molecule has 0 fully saturated rings. The third-order valence-corrected chi connectivity index (χ3v) is 3.16. The normalized spacial score (nSPS) is 23.3. The summed E-state index contributed by atoms with van der Waals surface area (Å²) in [4.78, 5) is 21.9. The van der Waals surface area contributed by atoms with Gasteiger partial charge in [-0.2, -0.15) is 0 Å². The number of Topliss-reactive ketones (excluding diaryl/α,β-unsaturated/α-hetero) is 1. The minimum atomic E-state index is -1.21. The Bertz CT molecular complexity index is 241. The summed E-state index contributed by atoms with van der Waals surface area (Å²) in [5.74, 6) is -0.582. The third-order valence-electron chi connectivity index (χ3n) is 1.07. The van der Waals surface area contributed by atoms with Crippen molar-refractivity contribution in [1.29, 1.82) is 0 Å². The van der Waals surface area contributed by atoms with Crippen LogP contribution in [0.4, 0.5) is 0 Å². The molecule has 0 aromatic rings. The zero-order chi connectivity index (χ0) is 7.94. The standard InChI is InChI=1S/C5HBr3O2/c6-2-1-3(9)5(7,8)4(2)10/h1H.